The molecule has 1 saturated heterocycles. The molecule has 4 heteroatoms. The van der Waals surface area contributed by atoms with E-state index in [2.05, 4.69) is 22.2 Å². The van der Waals surface area contributed by atoms with Crippen LogP contribution in [0, 0.1) is 5.92 Å². The van der Waals surface area contributed by atoms with Gasteiger partial charge in [-0.05, 0) is 31.1 Å². The van der Waals surface area contributed by atoms with Crippen LogP contribution in [-0.4, -0.2) is 23.1 Å². The summed E-state index contributed by atoms with van der Waals surface area (Å²) < 4.78 is 0. The normalized spacial score (nSPS) is 19.0. The second kappa shape index (κ2) is 3.54. The first-order valence-electron chi connectivity index (χ1n) is 5.27. The Bertz CT molecular complexity index is 442. The first-order valence-corrected chi connectivity index (χ1v) is 6.08. The lowest BCUT2D eigenvalue weighted by Crippen LogP contribution is -2.44. The van der Waals surface area contributed by atoms with Gasteiger partial charge in [-0.2, -0.15) is 0 Å². The molecule has 1 unspecified atom stereocenters. The largest absolute Gasteiger partial charge is 0.316 e. The monoisotopic (exact) mass is 219 g/mol. The van der Waals surface area contributed by atoms with E-state index in [1.807, 2.05) is 18.3 Å². The summed E-state index contributed by atoms with van der Waals surface area (Å²) in [5.74, 6) is 1.32. The third-order valence-electron chi connectivity index (χ3n) is 3.09. The summed E-state index contributed by atoms with van der Waals surface area (Å²) in [6.45, 7) is 4.53. The topological polar surface area (TPSA) is 37.8 Å². The van der Waals surface area contributed by atoms with Crippen LogP contribution in [0.1, 0.15) is 17.8 Å². The first kappa shape index (κ1) is 9.24. The number of thiazole rings is 1. The number of rotatable bonds is 2. The number of fused-ring (bicyclic) bond motifs is 1. The smallest absolute Gasteiger partial charge is 0.143 e. The summed E-state index contributed by atoms with van der Waals surface area (Å²) in [7, 11) is 0. The zero-order chi connectivity index (χ0) is 10.3. The van der Waals surface area contributed by atoms with Gasteiger partial charge in [0.25, 0.3) is 0 Å². The van der Waals surface area contributed by atoms with E-state index in [0.717, 1.165) is 29.4 Å². The predicted molar refractivity (Wildman–Crippen MR) is 62.2 cm³/mol. The molecule has 1 atom stereocenters. The maximum atomic E-state index is 4.64. The quantitative estimate of drug-likeness (QED) is 0.839. The van der Waals surface area contributed by atoms with E-state index in [-0.39, 0.29) is 0 Å². The van der Waals surface area contributed by atoms with Crippen LogP contribution >= 0.6 is 11.3 Å². The molecular weight excluding hydrogens is 206 g/mol. The van der Waals surface area contributed by atoms with Gasteiger partial charge in [0.1, 0.15) is 10.3 Å². The molecule has 0 aliphatic carbocycles. The highest BCUT2D eigenvalue weighted by atomic mass is 32.1. The van der Waals surface area contributed by atoms with Crippen molar-refractivity contribution in [1.29, 1.82) is 0 Å². The van der Waals surface area contributed by atoms with Crippen molar-refractivity contribution >= 4 is 21.7 Å². The molecular formula is C11H13N3S. The predicted octanol–water partition coefficient (Wildman–Crippen LogP) is 2.01. The fourth-order valence-corrected chi connectivity index (χ4v) is 2.90. The summed E-state index contributed by atoms with van der Waals surface area (Å²) in [5.41, 5.74) is 1.04. The minimum absolute atomic E-state index is 0.561. The molecule has 1 fully saturated rings. The van der Waals surface area contributed by atoms with Gasteiger partial charge in [-0.1, -0.05) is 18.3 Å². The van der Waals surface area contributed by atoms with Crippen LogP contribution in [0.3, 0.4) is 0 Å². The third kappa shape index (κ3) is 1.54. The lowest BCUT2D eigenvalue weighted by molar-refractivity contribution is 0.303. The van der Waals surface area contributed by atoms with Gasteiger partial charge in [-0.25, -0.2) is 9.97 Å². The zero-order valence-corrected chi connectivity index (χ0v) is 9.42. The third-order valence-corrected chi connectivity index (χ3v) is 4.27. The van der Waals surface area contributed by atoms with Crippen LogP contribution < -0.4 is 5.32 Å². The van der Waals surface area contributed by atoms with E-state index in [0.29, 0.717) is 5.92 Å². The average Bonchev–Trinajstić information content (AvgIpc) is 2.58. The number of pyridine rings is 1. The van der Waals surface area contributed by atoms with Crippen molar-refractivity contribution in [3.63, 3.8) is 0 Å². The van der Waals surface area contributed by atoms with Crippen LogP contribution in [0.2, 0.25) is 0 Å². The molecule has 0 radical (unpaired) electrons. The Labute approximate surface area is 92.6 Å². The van der Waals surface area contributed by atoms with Gasteiger partial charge in [-0.15, -0.1) is 0 Å². The van der Waals surface area contributed by atoms with Gasteiger partial charge in [0.15, 0.2) is 0 Å². The molecule has 0 bridgehead atoms. The molecule has 3 heterocycles. The van der Waals surface area contributed by atoms with Gasteiger partial charge >= 0.3 is 0 Å². The molecule has 0 aromatic carbocycles. The minimum Gasteiger partial charge on any atom is -0.316 e. The molecule has 2 aromatic rings. The van der Waals surface area contributed by atoms with Gasteiger partial charge in [-0.3, -0.25) is 0 Å². The number of hydrogen-bond acceptors (Lipinski definition) is 4. The molecule has 3 rings (SSSR count). The van der Waals surface area contributed by atoms with E-state index < -0.39 is 0 Å². The van der Waals surface area contributed by atoms with Crippen molar-refractivity contribution in [2.24, 2.45) is 5.92 Å². The van der Waals surface area contributed by atoms with Crippen LogP contribution in [0.4, 0.5) is 0 Å². The maximum absolute atomic E-state index is 4.64. The maximum Gasteiger partial charge on any atom is 0.143 e. The zero-order valence-electron chi connectivity index (χ0n) is 8.60. The van der Waals surface area contributed by atoms with Crippen molar-refractivity contribution in [3.05, 3.63) is 23.3 Å². The molecule has 1 aliphatic rings. The lowest BCUT2D eigenvalue weighted by Gasteiger charge is -2.31. The molecule has 3 nitrogen and oxygen atoms in total. The molecule has 0 saturated carbocycles. The molecule has 1 N–H and O–H groups in total. The van der Waals surface area contributed by atoms with Crippen molar-refractivity contribution in [1.82, 2.24) is 15.3 Å². The lowest BCUT2D eigenvalue weighted by atomic mass is 9.89. The van der Waals surface area contributed by atoms with E-state index >= 15 is 0 Å². The Morgan fingerprint density at radius 2 is 2.40 bits per heavy atom. The van der Waals surface area contributed by atoms with Gasteiger partial charge in [0, 0.05) is 12.1 Å². The number of aromatic nitrogens is 2. The standard InChI is InChI=1S/C11H13N3S/c1-7(8-5-12-6-8)10-14-9-3-2-4-13-11(9)15-10/h2-4,7-8,12H,5-6H2,1H3. The molecule has 15 heavy (non-hydrogen) atoms. The first-order chi connectivity index (χ1) is 7.34. The Morgan fingerprint density at radius 1 is 1.53 bits per heavy atom. The highest BCUT2D eigenvalue weighted by Crippen LogP contribution is 2.32. The molecule has 2 aromatic heterocycles. The summed E-state index contributed by atoms with van der Waals surface area (Å²) in [4.78, 5) is 10.0. The average molecular weight is 219 g/mol. The molecule has 1 aliphatic heterocycles. The Balaban J connectivity index is 1.96. The van der Waals surface area contributed by atoms with Crippen LogP contribution in [0.15, 0.2) is 18.3 Å². The highest BCUT2D eigenvalue weighted by molar-refractivity contribution is 7.18. The number of nitrogens with zero attached hydrogens (tertiary/aromatic N) is 2. The van der Waals surface area contributed by atoms with Crippen molar-refractivity contribution in [2.75, 3.05) is 13.1 Å². The van der Waals surface area contributed by atoms with E-state index in [4.69, 9.17) is 0 Å². The molecule has 0 spiro atoms. The Kier molecular flexibility index (Phi) is 2.18. The van der Waals surface area contributed by atoms with Crippen LogP contribution in [-0.2, 0) is 0 Å². The van der Waals surface area contributed by atoms with Crippen LogP contribution in [0.5, 0.6) is 0 Å². The summed E-state index contributed by atoms with van der Waals surface area (Å²) >= 11 is 1.73. The summed E-state index contributed by atoms with van der Waals surface area (Å²) in [5, 5.41) is 4.54. The van der Waals surface area contributed by atoms with Gasteiger partial charge in [0.05, 0.1) is 5.01 Å². The molecule has 0 amide bonds. The van der Waals surface area contributed by atoms with Crippen molar-refractivity contribution < 1.29 is 0 Å². The van der Waals surface area contributed by atoms with Gasteiger partial charge < -0.3 is 5.32 Å². The van der Waals surface area contributed by atoms with Crippen molar-refractivity contribution in [2.45, 2.75) is 12.8 Å². The van der Waals surface area contributed by atoms with Gasteiger partial charge in [0.2, 0.25) is 0 Å². The number of nitrogens with one attached hydrogen (secondary N) is 1. The highest BCUT2D eigenvalue weighted by Gasteiger charge is 2.26. The fraction of sp³-hybridized carbons (Fsp3) is 0.455. The van der Waals surface area contributed by atoms with E-state index in [9.17, 15) is 0 Å². The van der Waals surface area contributed by atoms with Crippen LogP contribution in [0.25, 0.3) is 10.3 Å². The fourth-order valence-electron chi connectivity index (χ4n) is 1.85. The van der Waals surface area contributed by atoms with Crippen molar-refractivity contribution in [3.8, 4) is 0 Å². The second-order valence-electron chi connectivity index (χ2n) is 4.09. The Hall–Kier alpha value is -1.00. The summed E-state index contributed by atoms with van der Waals surface area (Å²) in [6.07, 6.45) is 1.83. The summed E-state index contributed by atoms with van der Waals surface area (Å²) in [6, 6.07) is 3.98. The Morgan fingerprint density at radius 3 is 3.07 bits per heavy atom. The molecule has 78 valence electrons. The van der Waals surface area contributed by atoms with E-state index in [1.165, 1.54) is 5.01 Å². The SMILES string of the molecule is CC(c1nc2cccnc2s1)C1CNC1. The second-order valence-corrected chi connectivity index (χ2v) is 5.10. The minimum atomic E-state index is 0.561. The van der Waals surface area contributed by atoms with E-state index in [1.54, 1.807) is 11.3 Å². The number of hydrogen-bond donors (Lipinski definition) is 1.